The lowest BCUT2D eigenvalue weighted by molar-refractivity contribution is -0.120. The first-order valence-corrected chi connectivity index (χ1v) is 6.62. The smallest absolute Gasteiger partial charge is 0.255 e. The van der Waals surface area contributed by atoms with E-state index in [1.54, 1.807) is 24.3 Å². The Morgan fingerprint density at radius 1 is 1.25 bits per heavy atom. The largest absolute Gasteiger partial charge is 0.484 e. The summed E-state index contributed by atoms with van der Waals surface area (Å²) in [5, 5.41) is 2.85. The molecular weight excluding hydrogens is 258 g/mol. The van der Waals surface area contributed by atoms with Crippen molar-refractivity contribution in [2.24, 2.45) is 17.4 Å². The van der Waals surface area contributed by atoms with Crippen molar-refractivity contribution in [3.63, 3.8) is 0 Å². The van der Waals surface area contributed by atoms with Gasteiger partial charge >= 0.3 is 0 Å². The molecule has 1 aromatic carbocycles. The van der Waals surface area contributed by atoms with E-state index < -0.39 is 5.91 Å². The third-order valence-electron chi connectivity index (χ3n) is 3.35. The second kappa shape index (κ2) is 6.38. The van der Waals surface area contributed by atoms with Crippen LogP contribution in [0.1, 0.15) is 19.3 Å². The molecule has 1 saturated carbocycles. The zero-order valence-electron chi connectivity index (χ0n) is 11.2. The molecule has 2 amide bonds. The van der Waals surface area contributed by atoms with Crippen molar-refractivity contribution in [1.29, 1.82) is 0 Å². The summed E-state index contributed by atoms with van der Waals surface area (Å²) in [5.74, 6) is 0.00387. The van der Waals surface area contributed by atoms with E-state index in [-0.39, 0.29) is 24.5 Å². The van der Waals surface area contributed by atoms with Gasteiger partial charge in [-0.05, 0) is 43.5 Å². The molecule has 2 unspecified atom stereocenters. The predicted molar refractivity (Wildman–Crippen MR) is 75.1 cm³/mol. The van der Waals surface area contributed by atoms with E-state index >= 15 is 0 Å². The quantitative estimate of drug-likeness (QED) is 0.733. The van der Waals surface area contributed by atoms with Crippen molar-refractivity contribution in [2.75, 3.05) is 11.9 Å². The first kappa shape index (κ1) is 14.3. The first-order valence-electron chi connectivity index (χ1n) is 6.62. The maximum atomic E-state index is 12.0. The number of anilines is 1. The summed E-state index contributed by atoms with van der Waals surface area (Å²) in [6, 6.07) is 6.94. The number of rotatable bonds is 5. The van der Waals surface area contributed by atoms with E-state index in [1.807, 2.05) is 0 Å². The van der Waals surface area contributed by atoms with Gasteiger partial charge < -0.3 is 21.5 Å². The maximum Gasteiger partial charge on any atom is 0.255 e. The van der Waals surface area contributed by atoms with Gasteiger partial charge in [-0.3, -0.25) is 9.59 Å². The van der Waals surface area contributed by atoms with E-state index in [0.29, 0.717) is 11.4 Å². The van der Waals surface area contributed by atoms with Gasteiger partial charge in [0.1, 0.15) is 5.75 Å². The standard InChI is InChI=1S/C14H19N3O3/c15-10-2-1-9(7-10)14(19)17-11-3-5-12(6-4-11)20-8-13(16)18/h3-6,9-10H,1-2,7-8,15H2,(H2,16,18)(H,17,19). The number of carbonyl (C=O) groups is 2. The van der Waals surface area contributed by atoms with Crippen molar-refractivity contribution in [3.8, 4) is 5.75 Å². The van der Waals surface area contributed by atoms with Crippen LogP contribution >= 0.6 is 0 Å². The summed E-state index contributed by atoms with van der Waals surface area (Å²) >= 11 is 0. The molecule has 1 fully saturated rings. The fourth-order valence-electron chi connectivity index (χ4n) is 2.29. The van der Waals surface area contributed by atoms with Gasteiger partial charge in [0.2, 0.25) is 5.91 Å². The Morgan fingerprint density at radius 3 is 2.50 bits per heavy atom. The van der Waals surface area contributed by atoms with Crippen LogP contribution in [0, 0.1) is 5.92 Å². The molecule has 2 atom stereocenters. The van der Waals surface area contributed by atoms with Crippen LogP contribution in [0.3, 0.4) is 0 Å². The number of hydrogen-bond donors (Lipinski definition) is 3. The number of amides is 2. The van der Waals surface area contributed by atoms with Crippen molar-refractivity contribution >= 4 is 17.5 Å². The van der Waals surface area contributed by atoms with Crippen molar-refractivity contribution in [2.45, 2.75) is 25.3 Å². The molecule has 20 heavy (non-hydrogen) atoms. The Balaban J connectivity index is 1.87. The molecule has 1 aromatic rings. The molecule has 0 radical (unpaired) electrons. The van der Waals surface area contributed by atoms with Crippen LogP contribution in [0.15, 0.2) is 24.3 Å². The fourth-order valence-corrected chi connectivity index (χ4v) is 2.29. The number of nitrogens with one attached hydrogen (secondary N) is 1. The van der Waals surface area contributed by atoms with E-state index in [2.05, 4.69) is 5.32 Å². The number of primary amides is 1. The average molecular weight is 277 g/mol. The number of ether oxygens (including phenoxy) is 1. The summed E-state index contributed by atoms with van der Waals surface area (Å²) in [6.07, 6.45) is 2.48. The molecule has 6 nitrogen and oxygen atoms in total. The van der Waals surface area contributed by atoms with Crippen LogP contribution in [0.2, 0.25) is 0 Å². The zero-order chi connectivity index (χ0) is 14.5. The molecular formula is C14H19N3O3. The van der Waals surface area contributed by atoms with Gasteiger partial charge in [-0.2, -0.15) is 0 Å². The van der Waals surface area contributed by atoms with E-state index in [1.165, 1.54) is 0 Å². The number of carbonyl (C=O) groups excluding carboxylic acids is 2. The lowest BCUT2D eigenvalue weighted by Crippen LogP contribution is -2.23. The Bertz CT molecular complexity index is 487. The minimum atomic E-state index is -0.528. The van der Waals surface area contributed by atoms with Crippen LogP contribution in [-0.4, -0.2) is 24.5 Å². The van der Waals surface area contributed by atoms with Crippen molar-refractivity contribution < 1.29 is 14.3 Å². The van der Waals surface area contributed by atoms with E-state index in [9.17, 15) is 9.59 Å². The van der Waals surface area contributed by atoms with Gasteiger partial charge in [0.25, 0.3) is 5.91 Å². The summed E-state index contributed by atoms with van der Waals surface area (Å²) in [5.41, 5.74) is 11.5. The summed E-state index contributed by atoms with van der Waals surface area (Å²) < 4.78 is 5.14. The topological polar surface area (TPSA) is 107 Å². The fraction of sp³-hybridized carbons (Fsp3) is 0.429. The van der Waals surface area contributed by atoms with Gasteiger partial charge in [-0.1, -0.05) is 0 Å². The van der Waals surface area contributed by atoms with Gasteiger partial charge in [0.15, 0.2) is 6.61 Å². The monoisotopic (exact) mass is 277 g/mol. The molecule has 1 aliphatic carbocycles. The minimum absolute atomic E-state index is 0.00348. The first-order chi connectivity index (χ1) is 9.54. The zero-order valence-corrected chi connectivity index (χ0v) is 11.2. The normalized spacial score (nSPS) is 21.4. The Morgan fingerprint density at radius 2 is 1.95 bits per heavy atom. The molecule has 0 saturated heterocycles. The lowest BCUT2D eigenvalue weighted by Gasteiger charge is -2.11. The SMILES string of the molecule is NC(=O)COc1ccc(NC(=O)C2CCC(N)C2)cc1. The molecule has 0 heterocycles. The molecule has 6 heteroatoms. The molecule has 2 rings (SSSR count). The number of hydrogen-bond acceptors (Lipinski definition) is 4. The molecule has 1 aliphatic rings. The molecule has 108 valence electrons. The van der Waals surface area contributed by atoms with Crippen molar-refractivity contribution in [1.82, 2.24) is 0 Å². The molecule has 0 aliphatic heterocycles. The summed E-state index contributed by atoms with van der Waals surface area (Å²) in [6.45, 7) is -0.161. The Kier molecular flexibility index (Phi) is 4.57. The van der Waals surface area contributed by atoms with Gasteiger partial charge in [-0.25, -0.2) is 0 Å². The van der Waals surface area contributed by atoms with Gasteiger partial charge in [0, 0.05) is 17.6 Å². The molecule has 0 bridgehead atoms. The predicted octanol–water partition coefficient (Wildman–Crippen LogP) is 0.617. The van der Waals surface area contributed by atoms with Crippen molar-refractivity contribution in [3.05, 3.63) is 24.3 Å². The molecule has 5 N–H and O–H groups in total. The maximum absolute atomic E-state index is 12.0. The van der Waals surface area contributed by atoms with Gasteiger partial charge in [-0.15, -0.1) is 0 Å². The second-order valence-corrected chi connectivity index (χ2v) is 5.04. The average Bonchev–Trinajstić information content (AvgIpc) is 2.85. The van der Waals surface area contributed by atoms with Crippen LogP contribution in [0.4, 0.5) is 5.69 Å². The third kappa shape index (κ3) is 3.96. The summed E-state index contributed by atoms with van der Waals surface area (Å²) in [4.78, 5) is 22.6. The highest BCUT2D eigenvalue weighted by atomic mass is 16.5. The van der Waals surface area contributed by atoms with Crippen LogP contribution < -0.4 is 21.5 Å². The second-order valence-electron chi connectivity index (χ2n) is 5.04. The highest BCUT2D eigenvalue weighted by Crippen LogP contribution is 2.25. The highest BCUT2D eigenvalue weighted by Gasteiger charge is 2.27. The third-order valence-corrected chi connectivity index (χ3v) is 3.35. The highest BCUT2D eigenvalue weighted by molar-refractivity contribution is 5.92. The molecule has 0 spiro atoms. The lowest BCUT2D eigenvalue weighted by atomic mass is 10.1. The Hall–Kier alpha value is -2.08. The summed E-state index contributed by atoms with van der Waals surface area (Å²) in [7, 11) is 0. The van der Waals surface area contributed by atoms with E-state index in [0.717, 1.165) is 19.3 Å². The number of nitrogens with two attached hydrogens (primary N) is 2. The number of benzene rings is 1. The van der Waals surface area contributed by atoms with E-state index in [4.69, 9.17) is 16.2 Å². The van der Waals surface area contributed by atoms with Crippen LogP contribution in [-0.2, 0) is 9.59 Å². The molecule has 0 aromatic heterocycles. The van der Waals surface area contributed by atoms with Gasteiger partial charge in [0.05, 0.1) is 0 Å². The Labute approximate surface area is 117 Å². The van der Waals surface area contributed by atoms with Crippen LogP contribution in [0.25, 0.3) is 0 Å². The minimum Gasteiger partial charge on any atom is -0.484 e. The van der Waals surface area contributed by atoms with Crippen LogP contribution in [0.5, 0.6) is 5.75 Å².